The maximum Gasteiger partial charge on any atom is 0.187 e. The molecule has 0 spiro atoms. The Morgan fingerprint density at radius 3 is 2.37 bits per heavy atom. The van der Waals surface area contributed by atoms with Crippen molar-refractivity contribution in [1.29, 1.82) is 0 Å². The second-order valence-electron chi connectivity index (χ2n) is 9.20. The van der Waals surface area contributed by atoms with Gasteiger partial charge < -0.3 is 9.84 Å². The van der Waals surface area contributed by atoms with Gasteiger partial charge in [0, 0.05) is 48.1 Å². The van der Waals surface area contributed by atoms with Crippen molar-refractivity contribution in [3.8, 4) is 28.4 Å². The number of aromatic nitrogens is 4. The molecule has 3 heterocycles. The molecule has 1 aromatic carbocycles. The summed E-state index contributed by atoms with van der Waals surface area (Å²) in [4.78, 5) is 2.41. The third-order valence-corrected chi connectivity index (χ3v) is 6.27. The molecule has 0 saturated carbocycles. The molecule has 1 aliphatic rings. The number of phenolic OH excluding ortho intramolecular Hbond substituents is 1. The van der Waals surface area contributed by atoms with Crippen molar-refractivity contribution in [3.05, 3.63) is 48.9 Å². The minimum Gasteiger partial charge on any atom is -0.504 e. The molecule has 1 fully saturated rings. The van der Waals surface area contributed by atoms with Crippen LogP contribution in [0.1, 0.15) is 40.5 Å². The molecule has 0 atom stereocenters. The van der Waals surface area contributed by atoms with Gasteiger partial charge in [0.15, 0.2) is 11.5 Å². The van der Waals surface area contributed by atoms with Crippen LogP contribution in [-0.2, 0) is 0 Å². The number of hydrogen-bond acceptors (Lipinski definition) is 6. The topological polar surface area (TPSA) is 76.3 Å². The van der Waals surface area contributed by atoms with Crippen LogP contribution < -0.4 is 4.74 Å². The van der Waals surface area contributed by atoms with Crippen LogP contribution >= 0.6 is 0 Å². The molecular formula is C23H29N5O2. The van der Waals surface area contributed by atoms with Gasteiger partial charge in [-0.3, -0.25) is 4.90 Å². The summed E-state index contributed by atoms with van der Waals surface area (Å²) in [6, 6.07) is 9.19. The predicted molar refractivity (Wildman–Crippen MR) is 116 cm³/mol. The monoisotopic (exact) mass is 407 g/mol. The zero-order valence-corrected chi connectivity index (χ0v) is 18.2. The highest BCUT2D eigenvalue weighted by molar-refractivity contribution is 5.74. The summed E-state index contributed by atoms with van der Waals surface area (Å²) in [6.45, 7) is 8.92. The van der Waals surface area contributed by atoms with Gasteiger partial charge in [-0.2, -0.15) is 15.3 Å². The van der Waals surface area contributed by atoms with Crippen molar-refractivity contribution in [1.82, 2.24) is 24.9 Å². The maximum absolute atomic E-state index is 11.2. The van der Waals surface area contributed by atoms with E-state index in [1.807, 2.05) is 30.5 Å². The van der Waals surface area contributed by atoms with Crippen molar-refractivity contribution >= 4 is 0 Å². The fourth-order valence-electron chi connectivity index (χ4n) is 4.45. The molecule has 7 heteroatoms. The molecule has 1 saturated heterocycles. The standard InChI is InChI=1S/C23H29N5O2/c1-22(2)14-16(15-23(3,4)27(22)5)30-21-19(28-13-7-12-25-28)10-9-17(20(21)29)18-8-6-11-24-26-18/h6-13,16,29H,14-15H2,1-5H3. The largest absolute Gasteiger partial charge is 0.504 e. The van der Waals surface area contributed by atoms with Crippen molar-refractivity contribution in [3.63, 3.8) is 0 Å². The Hall–Kier alpha value is -2.93. The lowest BCUT2D eigenvalue weighted by Gasteiger charge is -2.53. The number of benzene rings is 1. The van der Waals surface area contributed by atoms with Crippen molar-refractivity contribution in [2.75, 3.05) is 7.05 Å². The molecule has 0 aliphatic carbocycles. The third kappa shape index (κ3) is 3.65. The average molecular weight is 408 g/mol. The second kappa shape index (κ2) is 7.40. The van der Waals surface area contributed by atoms with Gasteiger partial charge in [0.1, 0.15) is 11.8 Å². The van der Waals surface area contributed by atoms with Gasteiger partial charge in [-0.25, -0.2) is 4.68 Å². The fraction of sp³-hybridized carbons (Fsp3) is 0.435. The lowest BCUT2D eigenvalue weighted by atomic mass is 9.78. The van der Waals surface area contributed by atoms with Crippen molar-refractivity contribution < 1.29 is 9.84 Å². The van der Waals surface area contributed by atoms with E-state index in [2.05, 4.69) is 54.9 Å². The zero-order valence-electron chi connectivity index (χ0n) is 18.2. The minimum absolute atomic E-state index is 0.0313. The lowest BCUT2D eigenvalue weighted by molar-refractivity contribution is -0.0561. The quantitative estimate of drug-likeness (QED) is 0.703. The van der Waals surface area contributed by atoms with E-state index in [-0.39, 0.29) is 22.9 Å². The van der Waals surface area contributed by atoms with E-state index in [9.17, 15) is 5.11 Å². The smallest absolute Gasteiger partial charge is 0.187 e. The van der Waals surface area contributed by atoms with Gasteiger partial charge in [-0.1, -0.05) is 0 Å². The Morgan fingerprint density at radius 2 is 1.77 bits per heavy atom. The lowest BCUT2D eigenvalue weighted by Crippen LogP contribution is -2.60. The molecule has 30 heavy (non-hydrogen) atoms. The number of hydrogen-bond donors (Lipinski definition) is 1. The Morgan fingerprint density at radius 1 is 1.03 bits per heavy atom. The van der Waals surface area contributed by atoms with Gasteiger partial charge >= 0.3 is 0 Å². The first kappa shape index (κ1) is 20.3. The van der Waals surface area contributed by atoms with Crippen LogP contribution in [0, 0.1) is 0 Å². The van der Waals surface area contributed by atoms with Crippen LogP contribution in [0.5, 0.6) is 11.5 Å². The highest BCUT2D eigenvalue weighted by atomic mass is 16.5. The molecule has 0 unspecified atom stereocenters. The van der Waals surface area contributed by atoms with E-state index in [1.54, 1.807) is 23.1 Å². The summed E-state index contributed by atoms with van der Waals surface area (Å²) in [5.74, 6) is 0.473. The summed E-state index contributed by atoms with van der Waals surface area (Å²) in [5.41, 5.74) is 1.81. The van der Waals surface area contributed by atoms with Crippen LogP contribution in [0.2, 0.25) is 0 Å². The van der Waals surface area contributed by atoms with E-state index in [0.717, 1.165) is 12.8 Å². The third-order valence-electron chi connectivity index (χ3n) is 6.27. The van der Waals surface area contributed by atoms with Gasteiger partial charge in [0.25, 0.3) is 0 Å². The van der Waals surface area contributed by atoms with E-state index in [1.165, 1.54) is 0 Å². The molecular weight excluding hydrogens is 378 g/mol. The first-order valence-electron chi connectivity index (χ1n) is 10.2. The Bertz CT molecular complexity index is 998. The number of aromatic hydroxyl groups is 1. The molecule has 0 bridgehead atoms. The predicted octanol–water partition coefficient (Wildman–Crippen LogP) is 4.07. The highest BCUT2D eigenvalue weighted by Gasteiger charge is 2.44. The maximum atomic E-state index is 11.2. The first-order valence-corrected chi connectivity index (χ1v) is 10.2. The average Bonchev–Trinajstić information content (AvgIpc) is 3.22. The van der Waals surface area contributed by atoms with Crippen LogP contribution in [0.25, 0.3) is 16.9 Å². The molecule has 2 aromatic heterocycles. The fourth-order valence-corrected chi connectivity index (χ4v) is 4.45. The molecule has 158 valence electrons. The van der Waals surface area contributed by atoms with Crippen LogP contribution in [-0.4, -0.2) is 54.2 Å². The normalized spacial score (nSPS) is 19.0. The van der Waals surface area contributed by atoms with Crippen LogP contribution in [0.15, 0.2) is 48.9 Å². The van der Waals surface area contributed by atoms with E-state index < -0.39 is 0 Å². The van der Waals surface area contributed by atoms with E-state index in [4.69, 9.17) is 4.74 Å². The second-order valence-corrected chi connectivity index (χ2v) is 9.20. The molecule has 1 N–H and O–H groups in total. The molecule has 0 radical (unpaired) electrons. The summed E-state index contributed by atoms with van der Waals surface area (Å²) >= 11 is 0. The molecule has 0 amide bonds. The minimum atomic E-state index is -0.0523. The van der Waals surface area contributed by atoms with Crippen molar-refractivity contribution in [2.45, 2.75) is 57.7 Å². The molecule has 7 nitrogen and oxygen atoms in total. The highest BCUT2D eigenvalue weighted by Crippen LogP contribution is 2.44. The Kier molecular flexibility index (Phi) is 5.02. The summed E-state index contributed by atoms with van der Waals surface area (Å²) in [6.07, 6.45) is 6.80. The molecule has 4 rings (SSSR count). The molecule has 1 aliphatic heterocycles. The van der Waals surface area contributed by atoms with Crippen molar-refractivity contribution in [2.24, 2.45) is 0 Å². The van der Waals surface area contributed by atoms with Crippen LogP contribution in [0.3, 0.4) is 0 Å². The number of rotatable bonds is 4. The number of nitrogens with zero attached hydrogens (tertiary/aromatic N) is 5. The van der Waals surface area contributed by atoms with E-state index >= 15 is 0 Å². The van der Waals surface area contributed by atoms with Gasteiger partial charge in [0.2, 0.25) is 0 Å². The summed E-state index contributed by atoms with van der Waals surface area (Å²) in [5, 5.41) is 23.7. The summed E-state index contributed by atoms with van der Waals surface area (Å²) in [7, 11) is 2.16. The SMILES string of the molecule is CN1C(C)(C)CC(Oc2c(-n3cccn3)ccc(-c3cccnn3)c2O)CC1(C)C. The van der Waals surface area contributed by atoms with Gasteiger partial charge in [-0.15, -0.1) is 0 Å². The summed E-state index contributed by atoms with van der Waals surface area (Å²) < 4.78 is 8.25. The number of phenols is 1. The van der Waals surface area contributed by atoms with Gasteiger partial charge in [-0.05, 0) is 65.1 Å². The van der Waals surface area contributed by atoms with E-state index in [0.29, 0.717) is 22.7 Å². The van der Waals surface area contributed by atoms with Gasteiger partial charge in [0.05, 0.1) is 5.69 Å². The Labute approximate surface area is 177 Å². The molecule has 3 aromatic rings. The number of piperidine rings is 1. The first-order chi connectivity index (χ1) is 14.2. The zero-order chi connectivity index (χ0) is 21.5. The number of likely N-dealkylation sites (tertiary alicyclic amines) is 1. The Balaban J connectivity index is 1.77. The van der Waals surface area contributed by atoms with Crippen LogP contribution in [0.4, 0.5) is 0 Å². The number of ether oxygens (including phenoxy) is 1.